The van der Waals surface area contributed by atoms with Crippen molar-refractivity contribution >= 4 is 45.4 Å². The molecule has 1 aromatic heterocycles. The van der Waals surface area contributed by atoms with E-state index in [1.165, 1.54) is 15.0 Å². The highest BCUT2D eigenvalue weighted by Crippen LogP contribution is 2.27. The Balaban J connectivity index is 0.000000845. The van der Waals surface area contributed by atoms with Crippen LogP contribution in [0.2, 0.25) is 5.02 Å². The molecule has 0 radical (unpaired) electrons. The van der Waals surface area contributed by atoms with Gasteiger partial charge in [0.25, 0.3) is 0 Å². The van der Waals surface area contributed by atoms with Crippen LogP contribution in [0, 0.1) is 0 Å². The van der Waals surface area contributed by atoms with Crippen LogP contribution in [-0.4, -0.2) is 0 Å². The van der Waals surface area contributed by atoms with Crippen molar-refractivity contribution in [2.45, 2.75) is 6.54 Å². The number of thiophene rings is 1. The molecule has 0 amide bonds. The summed E-state index contributed by atoms with van der Waals surface area (Å²) in [7, 11) is 0. The third kappa shape index (κ3) is 2.15. The zero-order valence-electron chi connectivity index (χ0n) is 6.79. The number of benzene rings is 1. The van der Waals surface area contributed by atoms with Gasteiger partial charge in [0, 0.05) is 21.1 Å². The molecule has 0 aliphatic carbocycles. The second-order valence-corrected chi connectivity index (χ2v) is 4.20. The number of hydrogen-bond acceptors (Lipinski definition) is 2. The maximum atomic E-state index is 5.84. The maximum Gasteiger partial charge on any atom is 0.0412 e. The minimum atomic E-state index is 0. The van der Waals surface area contributed by atoms with Crippen LogP contribution < -0.4 is 5.73 Å². The minimum Gasteiger partial charge on any atom is -0.326 e. The van der Waals surface area contributed by atoms with Gasteiger partial charge in [-0.25, -0.2) is 0 Å². The molecule has 1 aromatic carbocycles. The predicted molar refractivity (Wildman–Crippen MR) is 62.0 cm³/mol. The highest BCUT2D eigenvalue weighted by molar-refractivity contribution is 7.19. The maximum absolute atomic E-state index is 5.84. The molecule has 2 aromatic rings. The average Bonchev–Trinajstić information content (AvgIpc) is 2.46. The van der Waals surface area contributed by atoms with Gasteiger partial charge in [0.05, 0.1) is 0 Å². The fourth-order valence-corrected chi connectivity index (χ4v) is 2.27. The lowest BCUT2D eigenvalue weighted by molar-refractivity contribution is 1.11. The minimum absolute atomic E-state index is 0. The summed E-state index contributed by atoms with van der Waals surface area (Å²) in [5.74, 6) is 0. The molecule has 1 nitrogen and oxygen atoms in total. The van der Waals surface area contributed by atoms with Crippen molar-refractivity contribution < 1.29 is 0 Å². The lowest BCUT2D eigenvalue weighted by Crippen LogP contribution is -1.90. The molecule has 0 saturated carbocycles. The standard InChI is InChI=1S/C9H8ClNS.ClH/c10-7-1-2-9-6(3-7)4-8(5-11)12-9;/h1-4H,5,11H2;1H. The van der Waals surface area contributed by atoms with Gasteiger partial charge in [-0.1, -0.05) is 11.6 Å². The summed E-state index contributed by atoms with van der Waals surface area (Å²) in [5.41, 5.74) is 5.53. The molecule has 1 heterocycles. The van der Waals surface area contributed by atoms with E-state index in [4.69, 9.17) is 17.3 Å². The highest BCUT2D eigenvalue weighted by Gasteiger charge is 1.99. The van der Waals surface area contributed by atoms with E-state index in [9.17, 15) is 0 Å². The van der Waals surface area contributed by atoms with Crippen molar-refractivity contribution in [3.05, 3.63) is 34.2 Å². The van der Waals surface area contributed by atoms with Crippen LogP contribution in [0.3, 0.4) is 0 Å². The van der Waals surface area contributed by atoms with Crippen LogP contribution in [0.4, 0.5) is 0 Å². The molecule has 0 fully saturated rings. The smallest absolute Gasteiger partial charge is 0.0412 e. The quantitative estimate of drug-likeness (QED) is 0.803. The molecule has 0 bridgehead atoms. The zero-order chi connectivity index (χ0) is 8.55. The number of nitrogens with two attached hydrogens (primary N) is 1. The molecule has 2 N–H and O–H groups in total. The van der Waals surface area contributed by atoms with E-state index < -0.39 is 0 Å². The van der Waals surface area contributed by atoms with Crippen LogP contribution >= 0.6 is 35.3 Å². The van der Waals surface area contributed by atoms with Crippen molar-refractivity contribution in [1.82, 2.24) is 0 Å². The van der Waals surface area contributed by atoms with Crippen molar-refractivity contribution in [3.63, 3.8) is 0 Å². The Morgan fingerprint density at radius 1 is 1.31 bits per heavy atom. The highest BCUT2D eigenvalue weighted by atomic mass is 35.5. The molecule has 0 aliphatic heterocycles. The number of halogens is 2. The summed E-state index contributed by atoms with van der Waals surface area (Å²) in [6, 6.07) is 7.99. The molecule has 4 heteroatoms. The van der Waals surface area contributed by atoms with Crippen molar-refractivity contribution in [3.8, 4) is 0 Å². The van der Waals surface area contributed by atoms with Crippen LogP contribution in [-0.2, 0) is 6.54 Å². The van der Waals surface area contributed by atoms with E-state index in [1.54, 1.807) is 11.3 Å². The SMILES string of the molecule is Cl.NCc1cc2cc(Cl)ccc2s1. The number of hydrogen-bond donors (Lipinski definition) is 1. The summed E-state index contributed by atoms with van der Waals surface area (Å²) in [4.78, 5) is 1.20. The second kappa shape index (κ2) is 4.29. The molecule has 0 unspecified atom stereocenters. The monoisotopic (exact) mass is 233 g/mol. The fraction of sp³-hybridized carbons (Fsp3) is 0.111. The number of fused-ring (bicyclic) bond motifs is 1. The van der Waals surface area contributed by atoms with Gasteiger partial charge in [-0.15, -0.1) is 23.7 Å². The van der Waals surface area contributed by atoms with Crippen LogP contribution in [0.25, 0.3) is 10.1 Å². The first-order valence-electron chi connectivity index (χ1n) is 3.67. The fourth-order valence-electron chi connectivity index (χ4n) is 1.17. The van der Waals surface area contributed by atoms with Gasteiger partial charge in [-0.05, 0) is 29.7 Å². The van der Waals surface area contributed by atoms with E-state index in [-0.39, 0.29) is 12.4 Å². The Morgan fingerprint density at radius 3 is 2.77 bits per heavy atom. The van der Waals surface area contributed by atoms with Gasteiger partial charge < -0.3 is 5.73 Å². The molecule has 0 aliphatic rings. The molecule has 0 saturated heterocycles. The van der Waals surface area contributed by atoms with Crippen molar-refractivity contribution in [1.29, 1.82) is 0 Å². The van der Waals surface area contributed by atoms with Gasteiger partial charge in [0.2, 0.25) is 0 Å². The molecule has 13 heavy (non-hydrogen) atoms. The lowest BCUT2D eigenvalue weighted by atomic mass is 10.2. The molecule has 70 valence electrons. The topological polar surface area (TPSA) is 26.0 Å². The van der Waals surface area contributed by atoms with Gasteiger partial charge in [-0.2, -0.15) is 0 Å². The third-order valence-electron chi connectivity index (χ3n) is 1.73. The van der Waals surface area contributed by atoms with E-state index >= 15 is 0 Å². The van der Waals surface area contributed by atoms with E-state index in [0.29, 0.717) is 6.54 Å². The van der Waals surface area contributed by atoms with Crippen LogP contribution in [0.1, 0.15) is 4.88 Å². The van der Waals surface area contributed by atoms with Crippen molar-refractivity contribution in [2.75, 3.05) is 0 Å². The summed E-state index contributed by atoms with van der Waals surface area (Å²) in [6.07, 6.45) is 0. The van der Waals surface area contributed by atoms with Gasteiger partial charge in [0.15, 0.2) is 0 Å². The lowest BCUT2D eigenvalue weighted by Gasteiger charge is -1.88. The Hall–Kier alpha value is -0.280. The van der Waals surface area contributed by atoms with E-state index in [0.717, 1.165) is 5.02 Å². The zero-order valence-corrected chi connectivity index (χ0v) is 9.18. The summed E-state index contributed by atoms with van der Waals surface area (Å²) in [6.45, 7) is 0.608. The summed E-state index contributed by atoms with van der Waals surface area (Å²) < 4.78 is 1.25. The molecule has 2 rings (SSSR count). The van der Waals surface area contributed by atoms with Crippen molar-refractivity contribution in [2.24, 2.45) is 5.73 Å². The molecule has 0 spiro atoms. The first-order chi connectivity index (χ1) is 5.79. The Morgan fingerprint density at radius 2 is 2.08 bits per heavy atom. The average molecular weight is 234 g/mol. The summed E-state index contributed by atoms with van der Waals surface area (Å²) >= 11 is 7.57. The van der Waals surface area contributed by atoms with E-state index in [1.807, 2.05) is 18.2 Å². The Labute approximate surface area is 91.9 Å². The number of rotatable bonds is 1. The normalized spacial score (nSPS) is 10.0. The van der Waals surface area contributed by atoms with Crippen LogP contribution in [0.15, 0.2) is 24.3 Å². The largest absolute Gasteiger partial charge is 0.326 e. The van der Waals surface area contributed by atoms with Gasteiger partial charge >= 0.3 is 0 Å². The van der Waals surface area contributed by atoms with E-state index in [2.05, 4.69) is 6.07 Å². The van der Waals surface area contributed by atoms with Gasteiger partial charge in [0.1, 0.15) is 0 Å². The first-order valence-corrected chi connectivity index (χ1v) is 4.87. The summed E-state index contributed by atoms with van der Waals surface area (Å²) in [5, 5.41) is 1.97. The molecular formula is C9H9Cl2NS. The molecule has 0 atom stereocenters. The first kappa shape index (κ1) is 10.8. The third-order valence-corrected chi connectivity index (χ3v) is 3.10. The molecular weight excluding hydrogens is 225 g/mol. The Bertz CT molecular complexity index is 411. The Kier molecular flexibility index (Phi) is 3.56. The predicted octanol–water partition coefficient (Wildman–Crippen LogP) is 3.44. The second-order valence-electron chi connectivity index (χ2n) is 2.60. The van der Waals surface area contributed by atoms with Crippen LogP contribution in [0.5, 0.6) is 0 Å². The van der Waals surface area contributed by atoms with Gasteiger partial charge in [-0.3, -0.25) is 0 Å².